The number of rotatable bonds is 20. The summed E-state index contributed by atoms with van der Waals surface area (Å²) in [6, 6.07) is 1.60. The van der Waals surface area contributed by atoms with Gasteiger partial charge in [0.2, 0.25) is 0 Å². The lowest BCUT2D eigenvalue weighted by Gasteiger charge is -2.40. The first kappa shape index (κ1) is 29.3. The molecular weight excluding hydrogens is 424 g/mol. The van der Waals surface area contributed by atoms with Crippen molar-refractivity contribution in [3.05, 3.63) is 0 Å². The molecule has 0 aliphatic carbocycles. The number of nitrogens with one attached hydrogen (secondary N) is 1. The van der Waals surface area contributed by atoms with E-state index in [1.807, 2.05) is 6.92 Å². The van der Waals surface area contributed by atoms with Crippen LogP contribution in [0.15, 0.2) is 0 Å². The van der Waals surface area contributed by atoms with E-state index in [4.69, 9.17) is 32.3 Å². The minimum atomic E-state index is -2.80. The Hall–Kier alpha value is 0.331. The van der Waals surface area contributed by atoms with Gasteiger partial charge >= 0.3 is 17.4 Å². The van der Waals surface area contributed by atoms with Crippen molar-refractivity contribution in [3.8, 4) is 0 Å². The summed E-state index contributed by atoms with van der Waals surface area (Å²) >= 11 is 0. The van der Waals surface area contributed by atoms with Crippen molar-refractivity contribution >= 4 is 25.7 Å². The number of ether oxygens (including phenoxy) is 2. The molecule has 0 saturated heterocycles. The first-order valence-corrected chi connectivity index (χ1v) is 18.6. The average Bonchev–Trinajstić information content (AvgIpc) is 2.65. The van der Waals surface area contributed by atoms with Crippen molar-refractivity contribution in [3.63, 3.8) is 0 Å². The van der Waals surface area contributed by atoms with E-state index in [0.29, 0.717) is 33.0 Å². The molecule has 0 aromatic carbocycles. The quantitative estimate of drug-likeness (QED) is 0.207. The van der Waals surface area contributed by atoms with Crippen molar-refractivity contribution in [2.24, 2.45) is 5.73 Å². The fraction of sp³-hybridized carbons (Fsp3) is 1.00. The zero-order chi connectivity index (χ0) is 22.2. The van der Waals surface area contributed by atoms with Crippen LogP contribution in [0.2, 0.25) is 38.3 Å². The Bertz CT molecular complexity index is 400. The Balaban J connectivity index is 4.85. The number of hydrogen-bond acceptors (Lipinski definition) is 8. The molecule has 29 heavy (non-hydrogen) atoms. The predicted molar refractivity (Wildman–Crippen MR) is 125 cm³/mol. The van der Waals surface area contributed by atoms with Crippen LogP contribution in [0.1, 0.15) is 19.8 Å². The van der Waals surface area contributed by atoms with Gasteiger partial charge in [0.05, 0.1) is 13.2 Å². The molecule has 0 saturated carbocycles. The highest BCUT2D eigenvalue weighted by atomic mass is 28.5. The molecule has 8 nitrogen and oxygen atoms in total. The van der Waals surface area contributed by atoms with Crippen molar-refractivity contribution in [2.75, 3.05) is 60.3 Å². The monoisotopic (exact) mass is 470 g/mol. The van der Waals surface area contributed by atoms with Gasteiger partial charge in [-0.2, -0.15) is 0 Å². The standard InChI is InChI=1S/C18H46N2O6Si3/c1-8-23-15-16-24-14-10-17-28(7,25-27(4,5)6)26-29(21-2,22-3)18-9-12-20-13-11-19/h20H,8-19H2,1-7H3. The summed E-state index contributed by atoms with van der Waals surface area (Å²) in [5.41, 5.74) is 5.53. The molecule has 0 aliphatic heterocycles. The fourth-order valence-corrected chi connectivity index (χ4v) is 15.3. The molecule has 0 radical (unpaired) electrons. The first-order valence-electron chi connectivity index (χ1n) is 10.7. The van der Waals surface area contributed by atoms with Gasteiger partial charge in [-0.25, -0.2) is 0 Å². The second kappa shape index (κ2) is 16.0. The third-order valence-electron chi connectivity index (χ3n) is 4.17. The van der Waals surface area contributed by atoms with Crippen LogP contribution in [-0.2, 0) is 26.6 Å². The topological polar surface area (TPSA) is 93.4 Å². The molecule has 0 aromatic rings. The van der Waals surface area contributed by atoms with Gasteiger partial charge in [0.25, 0.3) is 0 Å². The lowest BCUT2D eigenvalue weighted by molar-refractivity contribution is 0.0524. The Labute approximate surface area is 181 Å². The molecular formula is C18H46N2O6Si3. The molecule has 0 heterocycles. The molecule has 176 valence electrons. The maximum atomic E-state index is 6.66. The van der Waals surface area contributed by atoms with Gasteiger partial charge in [0.15, 0.2) is 8.32 Å². The van der Waals surface area contributed by atoms with E-state index < -0.39 is 25.7 Å². The lowest BCUT2D eigenvalue weighted by Crippen LogP contribution is -2.57. The summed E-state index contributed by atoms with van der Waals surface area (Å²) in [7, 11) is -3.71. The van der Waals surface area contributed by atoms with Gasteiger partial charge in [-0.15, -0.1) is 0 Å². The maximum absolute atomic E-state index is 6.66. The Kier molecular flexibility index (Phi) is 16.2. The minimum Gasteiger partial charge on any atom is -0.437 e. The summed E-state index contributed by atoms with van der Waals surface area (Å²) in [6.45, 7) is 15.7. The molecule has 0 fully saturated rings. The molecule has 0 aromatic heterocycles. The van der Waals surface area contributed by atoms with Gasteiger partial charge in [0, 0.05) is 46.6 Å². The lowest BCUT2D eigenvalue weighted by atomic mass is 10.5. The van der Waals surface area contributed by atoms with E-state index in [1.54, 1.807) is 14.2 Å². The van der Waals surface area contributed by atoms with Crippen LogP contribution in [0.5, 0.6) is 0 Å². The van der Waals surface area contributed by atoms with E-state index in [9.17, 15) is 0 Å². The first-order chi connectivity index (χ1) is 13.7. The van der Waals surface area contributed by atoms with Crippen LogP contribution in [0.3, 0.4) is 0 Å². The predicted octanol–water partition coefficient (Wildman–Crippen LogP) is 2.54. The Morgan fingerprint density at radius 2 is 1.45 bits per heavy atom. The van der Waals surface area contributed by atoms with E-state index in [0.717, 1.165) is 38.0 Å². The van der Waals surface area contributed by atoms with Crippen LogP contribution in [0.25, 0.3) is 0 Å². The van der Waals surface area contributed by atoms with E-state index in [1.165, 1.54) is 0 Å². The smallest absolute Gasteiger partial charge is 0.437 e. The largest absolute Gasteiger partial charge is 0.491 e. The normalized spacial score (nSPS) is 14.9. The SMILES string of the molecule is CCOCCOCCC[Si](C)(O[Si](C)(C)C)O[Si](CCCNCCN)(OC)OC. The molecule has 0 bridgehead atoms. The van der Waals surface area contributed by atoms with Gasteiger partial charge < -0.3 is 37.6 Å². The zero-order valence-electron chi connectivity index (χ0n) is 19.8. The van der Waals surface area contributed by atoms with Gasteiger partial charge in [-0.3, -0.25) is 0 Å². The Morgan fingerprint density at radius 1 is 0.793 bits per heavy atom. The number of nitrogens with two attached hydrogens (primary N) is 1. The highest BCUT2D eigenvalue weighted by molar-refractivity contribution is 6.85. The third-order valence-corrected chi connectivity index (χ3v) is 14.8. The van der Waals surface area contributed by atoms with Crippen molar-refractivity contribution in [1.29, 1.82) is 0 Å². The van der Waals surface area contributed by atoms with Crippen LogP contribution in [0, 0.1) is 0 Å². The average molecular weight is 471 g/mol. The van der Waals surface area contributed by atoms with Crippen molar-refractivity contribution < 1.29 is 26.6 Å². The number of hydrogen-bond donors (Lipinski definition) is 2. The van der Waals surface area contributed by atoms with Crippen LogP contribution < -0.4 is 11.1 Å². The van der Waals surface area contributed by atoms with Crippen LogP contribution >= 0.6 is 0 Å². The van der Waals surface area contributed by atoms with Crippen molar-refractivity contribution in [2.45, 2.75) is 58.0 Å². The summed E-state index contributed by atoms with van der Waals surface area (Å²) < 4.78 is 35.9. The molecule has 0 spiro atoms. The second-order valence-corrected chi connectivity index (χ2v) is 19.4. The summed E-state index contributed by atoms with van der Waals surface area (Å²) in [5, 5.41) is 3.31. The summed E-state index contributed by atoms with van der Waals surface area (Å²) in [6.07, 6.45) is 1.79. The van der Waals surface area contributed by atoms with Gasteiger partial charge in [0.1, 0.15) is 0 Å². The second-order valence-electron chi connectivity index (χ2n) is 8.10. The van der Waals surface area contributed by atoms with Gasteiger partial charge in [-0.05, 0) is 58.5 Å². The fourth-order valence-electron chi connectivity index (χ4n) is 3.04. The molecule has 1 atom stereocenters. The molecule has 0 rings (SSSR count). The van der Waals surface area contributed by atoms with Crippen LogP contribution in [0.4, 0.5) is 0 Å². The molecule has 0 amide bonds. The van der Waals surface area contributed by atoms with E-state index >= 15 is 0 Å². The zero-order valence-corrected chi connectivity index (χ0v) is 22.8. The van der Waals surface area contributed by atoms with Crippen molar-refractivity contribution in [1.82, 2.24) is 5.32 Å². The highest BCUT2D eigenvalue weighted by Crippen LogP contribution is 2.28. The minimum absolute atomic E-state index is 0.618. The highest BCUT2D eigenvalue weighted by Gasteiger charge is 2.48. The third kappa shape index (κ3) is 14.9. The molecule has 1 unspecified atom stereocenters. The maximum Gasteiger partial charge on any atom is 0.491 e. The Morgan fingerprint density at radius 3 is 2.00 bits per heavy atom. The van der Waals surface area contributed by atoms with E-state index in [-0.39, 0.29) is 0 Å². The molecule has 3 N–H and O–H groups in total. The summed E-state index contributed by atoms with van der Waals surface area (Å²) in [5.74, 6) is 0. The summed E-state index contributed by atoms with van der Waals surface area (Å²) in [4.78, 5) is 0. The molecule has 11 heteroatoms. The van der Waals surface area contributed by atoms with Gasteiger partial charge in [-0.1, -0.05) is 0 Å². The van der Waals surface area contributed by atoms with Crippen LogP contribution in [-0.4, -0.2) is 86.0 Å². The van der Waals surface area contributed by atoms with E-state index in [2.05, 4.69) is 31.5 Å². The molecule has 0 aliphatic rings.